The zero-order valence-corrected chi connectivity index (χ0v) is 15.9. The number of unbranched alkanes of at least 4 members (excludes halogenated alkanes) is 11. The third kappa shape index (κ3) is 16.3. The van der Waals surface area contributed by atoms with Crippen molar-refractivity contribution in [3.63, 3.8) is 0 Å². The number of esters is 1. The van der Waals surface area contributed by atoms with E-state index in [4.69, 9.17) is 5.73 Å². The van der Waals surface area contributed by atoms with Gasteiger partial charge in [-0.1, -0.05) is 83.3 Å². The summed E-state index contributed by atoms with van der Waals surface area (Å²) in [6.07, 6.45) is 18.0. The Balaban J connectivity index is 3.43. The first-order chi connectivity index (χ1) is 12.1. The summed E-state index contributed by atoms with van der Waals surface area (Å²) >= 11 is 0. The van der Waals surface area contributed by atoms with Gasteiger partial charge in [0.15, 0.2) is 6.67 Å². The van der Waals surface area contributed by atoms with Crippen molar-refractivity contribution < 1.29 is 19.0 Å². The van der Waals surface area contributed by atoms with Crippen LogP contribution in [0.4, 0.5) is 4.39 Å². The number of alkyl halides is 1. The molecule has 3 N–H and O–H groups in total. The van der Waals surface area contributed by atoms with Crippen LogP contribution in [-0.4, -0.2) is 36.5 Å². The van der Waals surface area contributed by atoms with Crippen molar-refractivity contribution >= 4 is 5.97 Å². The molecule has 0 aromatic carbocycles. The Hall–Kier alpha value is -0.940. The number of carbonyl (C=O) groups excluding carboxylic acids is 1. The fraction of sp³-hybridized carbons (Fsp3) is 0.850. The van der Waals surface area contributed by atoms with Crippen molar-refractivity contribution in [2.75, 3.05) is 13.3 Å². The van der Waals surface area contributed by atoms with Crippen LogP contribution in [-0.2, 0) is 9.53 Å². The van der Waals surface area contributed by atoms with Crippen LogP contribution >= 0.6 is 0 Å². The molecule has 0 saturated heterocycles. The van der Waals surface area contributed by atoms with Crippen molar-refractivity contribution in [1.29, 1.82) is 0 Å². The van der Waals surface area contributed by atoms with E-state index in [-0.39, 0.29) is 6.61 Å². The van der Waals surface area contributed by atoms with E-state index in [1.54, 1.807) is 6.08 Å². The van der Waals surface area contributed by atoms with Gasteiger partial charge >= 0.3 is 5.97 Å². The Morgan fingerprint density at radius 1 is 1.04 bits per heavy atom. The first-order valence-electron chi connectivity index (χ1n) is 9.93. The lowest BCUT2D eigenvalue weighted by atomic mass is 10.0. The highest BCUT2D eigenvalue weighted by atomic mass is 19.1. The van der Waals surface area contributed by atoms with Gasteiger partial charge in [0.05, 0.1) is 12.1 Å². The van der Waals surface area contributed by atoms with Gasteiger partial charge in [-0.15, -0.1) is 0 Å². The van der Waals surface area contributed by atoms with E-state index in [0.29, 0.717) is 0 Å². The molecule has 0 aliphatic rings. The normalized spacial score (nSPS) is 13.9. The molecule has 0 aromatic rings. The first kappa shape index (κ1) is 24.1. The lowest BCUT2D eigenvalue weighted by Crippen LogP contribution is -2.38. The van der Waals surface area contributed by atoms with E-state index < -0.39 is 24.8 Å². The van der Waals surface area contributed by atoms with Crippen molar-refractivity contribution in [1.82, 2.24) is 0 Å². The average molecular weight is 360 g/mol. The molecule has 2 unspecified atom stereocenters. The molecule has 0 aliphatic carbocycles. The fourth-order valence-corrected chi connectivity index (χ4v) is 2.63. The molecule has 0 heterocycles. The van der Waals surface area contributed by atoms with Gasteiger partial charge < -0.3 is 15.6 Å². The highest BCUT2D eigenvalue weighted by Crippen LogP contribution is 2.12. The van der Waals surface area contributed by atoms with Gasteiger partial charge in [-0.3, -0.25) is 0 Å². The van der Waals surface area contributed by atoms with Crippen LogP contribution in [0, 0.1) is 0 Å². The average Bonchev–Trinajstić information content (AvgIpc) is 2.62. The van der Waals surface area contributed by atoms with Crippen molar-refractivity contribution in [3.8, 4) is 0 Å². The number of rotatable bonds is 17. The second kappa shape index (κ2) is 17.9. The minimum Gasteiger partial charge on any atom is -0.462 e. The van der Waals surface area contributed by atoms with Crippen LogP contribution in [0.25, 0.3) is 0 Å². The molecule has 0 amide bonds. The molecule has 0 rings (SSSR count). The summed E-state index contributed by atoms with van der Waals surface area (Å²) in [5.74, 6) is -0.951. The van der Waals surface area contributed by atoms with E-state index in [2.05, 4.69) is 11.7 Å². The molecule has 0 saturated carbocycles. The summed E-state index contributed by atoms with van der Waals surface area (Å²) in [7, 11) is 0. The van der Waals surface area contributed by atoms with E-state index in [9.17, 15) is 14.3 Å². The molecule has 0 spiro atoms. The molecule has 0 aromatic heterocycles. The maximum absolute atomic E-state index is 11.9. The van der Waals surface area contributed by atoms with Crippen LogP contribution in [0.2, 0.25) is 0 Å². The van der Waals surface area contributed by atoms with Crippen LogP contribution in [0.1, 0.15) is 84.0 Å². The Bertz CT molecular complexity index is 337. The third-order valence-electron chi connectivity index (χ3n) is 4.29. The molecular formula is C20H38FNO3. The second-order valence-electron chi connectivity index (χ2n) is 6.72. The number of hydrogen-bond acceptors (Lipinski definition) is 4. The van der Waals surface area contributed by atoms with Crippen LogP contribution < -0.4 is 5.73 Å². The highest BCUT2D eigenvalue weighted by Gasteiger charge is 2.13. The predicted molar refractivity (Wildman–Crippen MR) is 101 cm³/mol. The first-order valence-corrected chi connectivity index (χ1v) is 9.93. The molecule has 0 radical (unpaired) electrons. The summed E-state index contributed by atoms with van der Waals surface area (Å²) in [4.78, 5) is 10.7. The maximum Gasteiger partial charge on any atom is 0.337 e. The summed E-state index contributed by atoms with van der Waals surface area (Å²) in [5, 5.41) is 9.78. The molecule has 0 fully saturated rings. The van der Waals surface area contributed by atoms with E-state index in [1.165, 1.54) is 64.2 Å². The zero-order chi connectivity index (χ0) is 18.8. The van der Waals surface area contributed by atoms with Crippen molar-refractivity contribution in [3.05, 3.63) is 12.2 Å². The van der Waals surface area contributed by atoms with Gasteiger partial charge in [0, 0.05) is 0 Å². The summed E-state index contributed by atoms with van der Waals surface area (Å²) in [6, 6.07) is -0.718. The van der Waals surface area contributed by atoms with Crippen LogP contribution in [0.5, 0.6) is 0 Å². The summed E-state index contributed by atoms with van der Waals surface area (Å²) in [6.45, 7) is 0.903. The number of aliphatic hydroxyl groups is 1. The number of halogens is 1. The fourth-order valence-electron chi connectivity index (χ4n) is 2.63. The quantitative estimate of drug-likeness (QED) is 0.229. The number of nitrogens with two attached hydrogens (primary N) is 1. The summed E-state index contributed by atoms with van der Waals surface area (Å²) < 4.78 is 16.5. The Labute approximate surface area is 153 Å². The third-order valence-corrected chi connectivity index (χ3v) is 4.29. The monoisotopic (exact) mass is 359 g/mol. The van der Waals surface area contributed by atoms with Crippen LogP contribution in [0.15, 0.2) is 12.2 Å². The number of hydrogen-bond donors (Lipinski definition) is 2. The zero-order valence-electron chi connectivity index (χ0n) is 15.9. The van der Waals surface area contributed by atoms with Gasteiger partial charge in [0.2, 0.25) is 0 Å². The van der Waals surface area contributed by atoms with E-state index in [0.717, 1.165) is 12.8 Å². The Morgan fingerprint density at radius 3 is 2.08 bits per heavy atom. The smallest absolute Gasteiger partial charge is 0.337 e. The van der Waals surface area contributed by atoms with Gasteiger partial charge in [0.1, 0.15) is 6.61 Å². The van der Waals surface area contributed by atoms with Gasteiger partial charge in [-0.25, -0.2) is 9.18 Å². The molecule has 4 nitrogen and oxygen atoms in total. The molecule has 25 heavy (non-hydrogen) atoms. The SMILES string of the molecule is CCCCCCCCCCCCCC=CC(O)C(N)COC(=O)CF. The summed E-state index contributed by atoms with van der Waals surface area (Å²) in [5.41, 5.74) is 5.67. The minimum atomic E-state index is -1.17. The highest BCUT2D eigenvalue weighted by molar-refractivity contribution is 5.70. The number of aliphatic hydroxyl groups excluding tert-OH is 1. The molecule has 0 bridgehead atoms. The largest absolute Gasteiger partial charge is 0.462 e. The lowest BCUT2D eigenvalue weighted by Gasteiger charge is -2.15. The number of ether oxygens (including phenoxy) is 1. The van der Waals surface area contributed by atoms with Gasteiger partial charge in [-0.05, 0) is 12.8 Å². The van der Waals surface area contributed by atoms with Crippen LogP contribution in [0.3, 0.4) is 0 Å². The van der Waals surface area contributed by atoms with Gasteiger partial charge in [0.25, 0.3) is 0 Å². The number of allylic oxidation sites excluding steroid dienone is 1. The predicted octanol–water partition coefficient (Wildman–Crippen LogP) is 4.44. The van der Waals surface area contributed by atoms with E-state index in [1.807, 2.05) is 6.08 Å². The Morgan fingerprint density at radius 2 is 1.56 bits per heavy atom. The van der Waals surface area contributed by atoms with Crippen molar-refractivity contribution in [2.24, 2.45) is 5.73 Å². The maximum atomic E-state index is 11.9. The number of carbonyl (C=O) groups is 1. The molecular weight excluding hydrogens is 321 g/mol. The van der Waals surface area contributed by atoms with Gasteiger partial charge in [-0.2, -0.15) is 0 Å². The Kier molecular flexibility index (Phi) is 17.2. The van der Waals surface area contributed by atoms with E-state index >= 15 is 0 Å². The topological polar surface area (TPSA) is 72.6 Å². The molecule has 2 atom stereocenters. The minimum absolute atomic E-state index is 0.174. The molecule has 148 valence electrons. The lowest BCUT2D eigenvalue weighted by molar-refractivity contribution is -0.145. The van der Waals surface area contributed by atoms with Crippen molar-refractivity contribution in [2.45, 2.75) is 96.1 Å². The molecule has 0 aliphatic heterocycles. The molecule has 5 heteroatoms. The second-order valence-corrected chi connectivity index (χ2v) is 6.72. The standard InChI is InChI=1S/C20H38FNO3/c1-2-3-4-5-6-7-8-9-10-11-12-13-14-15-19(23)18(22)17-25-20(24)16-21/h14-15,18-19,23H,2-13,16-17,22H2,1H3.